The van der Waals surface area contributed by atoms with Gasteiger partial charge >= 0.3 is 0 Å². The van der Waals surface area contributed by atoms with E-state index in [2.05, 4.69) is 15.1 Å². The van der Waals surface area contributed by atoms with Gasteiger partial charge in [-0.25, -0.2) is 14.6 Å². The van der Waals surface area contributed by atoms with Crippen LogP contribution < -0.4 is 0 Å². The predicted octanol–water partition coefficient (Wildman–Crippen LogP) is 0.842. The Hall–Kier alpha value is -2.22. The molecule has 0 saturated carbocycles. The fourth-order valence-electron chi connectivity index (χ4n) is 1.13. The fourth-order valence-corrected chi connectivity index (χ4v) is 1.13. The third-order valence-corrected chi connectivity index (χ3v) is 1.68. The molecule has 0 radical (unpaired) electrons. The van der Waals surface area contributed by atoms with E-state index in [0.29, 0.717) is 17.3 Å². The van der Waals surface area contributed by atoms with Crippen molar-refractivity contribution >= 4 is 0 Å². The lowest BCUT2D eigenvalue weighted by Gasteiger charge is -2.00. The van der Waals surface area contributed by atoms with E-state index in [9.17, 15) is 0 Å². The summed E-state index contributed by atoms with van der Waals surface area (Å²) in [6.07, 6.45) is 3.42. The van der Waals surface area contributed by atoms with E-state index in [1.165, 1.54) is 0 Å². The second kappa shape index (κ2) is 3.26. The quantitative estimate of drug-likeness (QED) is 0.660. The molecule has 2 aromatic heterocycles. The van der Waals surface area contributed by atoms with Crippen LogP contribution in [0.2, 0.25) is 0 Å². The van der Waals surface area contributed by atoms with E-state index < -0.39 is 0 Å². The van der Waals surface area contributed by atoms with Crippen LogP contribution in [0.4, 0.5) is 0 Å². The first-order chi connectivity index (χ1) is 6.79. The first kappa shape index (κ1) is 8.38. The van der Waals surface area contributed by atoms with E-state index in [1.54, 1.807) is 36.1 Å². The van der Waals surface area contributed by atoms with Gasteiger partial charge < -0.3 is 0 Å². The molecule has 0 spiro atoms. The highest BCUT2D eigenvalue weighted by Crippen LogP contribution is 2.04. The molecule has 0 aliphatic rings. The zero-order valence-corrected chi connectivity index (χ0v) is 7.55. The third kappa shape index (κ3) is 1.45. The van der Waals surface area contributed by atoms with Gasteiger partial charge in [0.2, 0.25) is 0 Å². The van der Waals surface area contributed by atoms with Crippen molar-refractivity contribution in [1.29, 1.82) is 5.26 Å². The Morgan fingerprint density at radius 1 is 1.43 bits per heavy atom. The highest BCUT2D eigenvalue weighted by atomic mass is 15.3. The summed E-state index contributed by atoms with van der Waals surface area (Å²) < 4.78 is 1.59. The van der Waals surface area contributed by atoms with Gasteiger partial charge in [-0.05, 0) is 13.0 Å². The van der Waals surface area contributed by atoms with Gasteiger partial charge in [0.15, 0.2) is 5.82 Å². The predicted molar refractivity (Wildman–Crippen MR) is 48.6 cm³/mol. The molecule has 0 N–H and O–H groups in total. The van der Waals surface area contributed by atoms with Crippen LogP contribution in [0.15, 0.2) is 24.5 Å². The molecule has 0 unspecified atom stereocenters. The largest absolute Gasteiger partial charge is 0.223 e. The van der Waals surface area contributed by atoms with Crippen molar-refractivity contribution in [3.05, 3.63) is 36.0 Å². The molecule has 68 valence electrons. The Labute approximate surface area is 80.7 Å². The summed E-state index contributed by atoms with van der Waals surface area (Å²) in [5, 5.41) is 12.7. The molecule has 0 bridgehead atoms. The van der Waals surface area contributed by atoms with Crippen molar-refractivity contribution < 1.29 is 0 Å². The Kier molecular flexibility index (Phi) is 1.95. The SMILES string of the molecule is Cc1nc(C#N)cc(-n2cccn2)n1. The molecule has 2 rings (SSSR count). The van der Waals surface area contributed by atoms with Crippen LogP contribution in [0.1, 0.15) is 11.5 Å². The Morgan fingerprint density at radius 3 is 2.93 bits per heavy atom. The summed E-state index contributed by atoms with van der Waals surface area (Å²) in [5.41, 5.74) is 0.350. The normalized spacial score (nSPS) is 9.71. The average molecular weight is 185 g/mol. The van der Waals surface area contributed by atoms with Crippen LogP contribution in [0, 0.1) is 18.3 Å². The number of hydrogen-bond acceptors (Lipinski definition) is 4. The number of hydrogen-bond donors (Lipinski definition) is 0. The van der Waals surface area contributed by atoms with Gasteiger partial charge in [-0.15, -0.1) is 0 Å². The summed E-state index contributed by atoms with van der Waals surface area (Å²) in [4.78, 5) is 8.11. The lowest BCUT2D eigenvalue weighted by Crippen LogP contribution is -2.02. The van der Waals surface area contributed by atoms with Gasteiger partial charge in [0.1, 0.15) is 17.6 Å². The minimum absolute atomic E-state index is 0.350. The maximum Gasteiger partial charge on any atom is 0.158 e. The molecule has 0 atom stereocenters. The fraction of sp³-hybridized carbons (Fsp3) is 0.111. The third-order valence-electron chi connectivity index (χ3n) is 1.68. The zero-order valence-electron chi connectivity index (χ0n) is 7.55. The van der Waals surface area contributed by atoms with Crippen LogP contribution >= 0.6 is 0 Å². The lowest BCUT2D eigenvalue weighted by atomic mass is 10.4. The van der Waals surface area contributed by atoms with Crippen molar-refractivity contribution in [3.63, 3.8) is 0 Å². The van der Waals surface area contributed by atoms with Crippen molar-refractivity contribution in [2.24, 2.45) is 0 Å². The second-order valence-corrected chi connectivity index (χ2v) is 2.72. The first-order valence-corrected chi connectivity index (χ1v) is 4.05. The van der Waals surface area contributed by atoms with Crippen LogP contribution in [0.3, 0.4) is 0 Å². The second-order valence-electron chi connectivity index (χ2n) is 2.72. The smallest absolute Gasteiger partial charge is 0.158 e. The minimum atomic E-state index is 0.350. The van der Waals surface area contributed by atoms with Gasteiger partial charge in [-0.3, -0.25) is 0 Å². The molecule has 0 saturated heterocycles. The first-order valence-electron chi connectivity index (χ1n) is 4.05. The van der Waals surface area contributed by atoms with Gasteiger partial charge in [-0.1, -0.05) is 0 Å². The number of aryl methyl sites for hydroxylation is 1. The number of nitriles is 1. The molecule has 2 aromatic rings. The van der Waals surface area contributed by atoms with Crippen LogP contribution in [0.25, 0.3) is 5.82 Å². The number of rotatable bonds is 1. The minimum Gasteiger partial charge on any atom is -0.223 e. The van der Waals surface area contributed by atoms with E-state index in [4.69, 9.17) is 5.26 Å². The van der Waals surface area contributed by atoms with E-state index in [1.807, 2.05) is 6.07 Å². The highest BCUT2D eigenvalue weighted by molar-refractivity contribution is 5.30. The maximum atomic E-state index is 8.71. The standard InChI is InChI=1S/C9H7N5/c1-7-12-8(6-10)5-9(13-7)14-4-2-3-11-14/h2-5H,1H3. The van der Waals surface area contributed by atoms with Crippen molar-refractivity contribution in [2.45, 2.75) is 6.92 Å². The molecule has 14 heavy (non-hydrogen) atoms. The summed E-state index contributed by atoms with van der Waals surface area (Å²) in [5.74, 6) is 1.17. The summed E-state index contributed by atoms with van der Waals surface area (Å²) in [6.45, 7) is 1.74. The molecule has 2 heterocycles. The number of nitrogens with zero attached hydrogens (tertiary/aromatic N) is 5. The summed E-state index contributed by atoms with van der Waals surface area (Å²) >= 11 is 0. The molecule has 0 aliphatic carbocycles. The topological polar surface area (TPSA) is 67.4 Å². The van der Waals surface area contributed by atoms with Crippen molar-refractivity contribution in [3.8, 4) is 11.9 Å². The number of aromatic nitrogens is 4. The molecular weight excluding hydrogens is 178 g/mol. The van der Waals surface area contributed by atoms with Crippen LogP contribution in [-0.4, -0.2) is 19.7 Å². The molecule has 0 aliphatic heterocycles. The Morgan fingerprint density at radius 2 is 2.29 bits per heavy atom. The van der Waals surface area contributed by atoms with Gasteiger partial charge in [0.25, 0.3) is 0 Å². The molecule has 5 heteroatoms. The molecular formula is C9H7N5. The van der Waals surface area contributed by atoms with Gasteiger partial charge in [0.05, 0.1) is 0 Å². The van der Waals surface area contributed by atoms with Crippen LogP contribution in [0.5, 0.6) is 0 Å². The molecule has 0 fully saturated rings. The lowest BCUT2D eigenvalue weighted by molar-refractivity contribution is 0.826. The maximum absolute atomic E-state index is 8.71. The zero-order chi connectivity index (χ0) is 9.97. The van der Waals surface area contributed by atoms with Gasteiger partial charge in [0, 0.05) is 18.5 Å². The Balaban J connectivity index is 2.55. The molecule has 0 aromatic carbocycles. The summed E-state index contributed by atoms with van der Waals surface area (Å²) in [7, 11) is 0. The highest BCUT2D eigenvalue weighted by Gasteiger charge is 2.02. The summed E-state index contributed by atoms with van der Waals surface area (Å²) in [6, 6.07) is 5.37. The average Bonchev–Trinajstić information content (AvgIpc) is 2.69. The van der Waals surface area contributed by atoms with Gasteiger partial charge in [-0.2, -0.15) is 10.4 Å². The van der Waals surface area contributed by atoms with E-state index in [-0.39, 0.29) is 0 Å². The molecule has 0 amide bonds. The van der Waals surface area contributed by atoms with E-state index in [0.717, 1.165) is 0 Å². The van der Waals surface area contributed by atoms with Crippen molar-refractivity contribution in [1.82, 2.24) is 19.7 Å². The van der Waals surface area contributed by atoms with Crippen LogP contribution in [-0.2, 0) is 0 Å². The monoisotopic (exact) mass is 185 g/mol. The van der Waals surface area contributed by atoms with E-state index >= 15 is 0 Å². The van der Waals surface area contributed by atoms with Crippen molar-refractivity contribution in [2.75, 3.05) is 0 Å². The molecule has 5 nitrogen and oxygen atoms in total. The Bertz CT molecular complexity index is 480.